The second-order valence-electron chi connectivity index (χ2n) is 7.09. The van der Waals surface area contributed by atoms with Gasteiger partial charge in [0.15, 0.2) is 11.5 Å². The standard InChI is InChI=1S/C22H17N9/c1-2-6-17-16(5-1)28-18(29-17)11-24-20-19-21(26-12-25-19)31-22(30-20)27-14-7-8-15-13(10-14)4-3-9-23-15/h1-10,12H,11H2,(H,28,29)(H3,24,25,26,27,30,31). The maximum atomic E-state index is 4.66. The van der Waals surface area contributed by atoms with Crippen LogP contribution in [0.5, 0.6) is 0 Å². The molecule has 0 aliphatic carbocycles. The normalized spacial score (nSPS) is 11.4. The van der Waals surface area contributed by atoms with Crippen LogP contribution in [0.25, 0.3) is 33.1 Å². The van der Waals surface area contributed by atoms with Gasteiger partial charge < -0.3 is 20.6 Å². The topological polar surface area (TPSA) is 120 Å². The predicted octanol–water partition coefficient (Wildman–Crippen LogP) is 4.13. The molecule has 0 aliphatic heterocycles. The lowest BCUT2D eigenvalue weighted by Crippen LogP contribution is -2.06. The number of nitrogens with zero attached hydrogens (tertiary/aromatic N) is 5. The van der Waals surface area contributed by atoms with Crippen molar-refractivity contribution in [1.29, 1.82) is 0 Å². The third kappa shape index (κ3) is 3.27. The van der Waals surface area contributed by atoms with E-state index in [0.29, 0.717) is 24.0 Å². The van der Waals surface area contributed by atoms with Crippen molar-refractivity contribution < 1.29 is 0 Å². The van der Waals surface area contributed by atoms with Crippen LogP contribution in [0.4, 0.5) is 17.5 Å². The summed E-state index contributed by atoms with van der Waals surface area (Å²) in [5.74, 6) is 1.92. The second-order valence-corrected chi connectivity index (χ2v) is 7.09. The van der Waals surface area contributed by atoms with Crippen molar-refractivity contribution in [3.05, 3.63) is 72.9 Å². The molecular formula is C22H17N9. The number of para-hydroxylation sites is 2. The van der Waals surface area contributed by atoms with Gasteiger partial charge in [-0.25, -0.2) is 9.97 Å². The van der Waals surface area contributed by atoms with Crippen molar-refractivity contribution in [2.75, 3.05) is 10.6 Å². The number of imidazole rings is 2. The predicted molar refractivity (Wildman–Crippen MR) is 120 cm³/mol. The third-order valence-electron chi connectivity index (χ3n) is 5.01. The van der Waals surface area contributed by atoms with E-state index in [0.717, 1.165) is 39.0 Å². The zero-order valence-corrected chi connectivity index (χ0v) is 16.3. The largest absolute Gasteiger partial charge is 0.361 e. The average molecular weight is 407 g/mol. The molecule has 31 heavy (non-hydrogen) atoms. The quantitative estimate of drug-likeness (QED) is 0.339. The summed E-state index contributed by atoms with van der Waals surface area (Å²) in [4.78, 5) is 28.8. The first-order valence-corrected chi connectivity index (χ1v) is 9.82. The molecule has 0 saturated carbocycles. The summed E-state index contributed by atoms with van der Waals surface area (Å²) in [5, 5.41) is 7.65. The van der Waals surface area contributed by atoms with Crippen LogP contribution in [0.1, 0.15) is 5.82 Å². The van der Waals surface area contributed by atoms with Gasteiger partial charge >= 0.3 is 0 Å². The van der Waals surface area contributed by atoms with Crippen molar-refractivity contribution >= 4 is 50.6 Å². The van der Waals surface area contributed by atoms with Gasteiger partial charge in [0.05, 0.1) is 29.4 Å². The second kappa shape index (κ2) is 7.06. The summed E-state index contributed by atoms with van der Waals surface area (Å²) < 4.78 is 0. The molecule has 0 radical (unpaired) electrons. The van der Waals surface area contributed by atoms with E-state index in [9.17, 15) is 0 Å². The van der Waals surface area contributed by atoms with Gasteiger partial charge in [-0.05, 0) is 36.4 Å². The summed E-state index contributed by atoms with van der Waals surface area (Å²) in [6, 6.07) is 17.8. The van der Waals surface area contributed by atoms with Crippen LogP contribution in [0.15, 0.2) is 67.1 Å². The minimum absolute atomic E-state index is 0.454. The molecule has 0 saturated heterocycles. The van der Waals surface area contributed by atoms with E-state index in [4.69, 9.17) is 0 Å². The van der Waals surface area contributed by atoms with Gasteiger partial charge in [0.25, 0.3) is 0 Å². The molecule has 0 amide bonds. The maximum absolute atomic E-state index is 4.66. The monoisotopic (exact) mass is 407 g/mol. The Morgan fingerprint density at radius 1 is 0.871 bits per heavy atom. The fourth-order valence-corrected chi connectivity index (χ4v) is 3.56. The molecule has 0 fully saturated rings. The maximum Gasteiger partial charge on any atom is 0.231 e. The highest BCUT2D eigenvalue weighted by Crippen LogP contribution is 2.23. The number of H-pyrrole nitrogens is 2. The molecule has 6 rings (SSSR count). The molecule has 0 bridgehead atoms. The van der Waals surface area contributed by atoms with Crippen LogP contribution in [0.3, 0.4) is 0 Å². The highest BCUT2D eigenvalue weighted by Gasteiger charge is 2.11. The first-order valence-electron chi connectivity index (χ1n) is 9.82. The van der Waals surface area contributed by atoms with Crippen LogP contribution in [-0.4, -0.2) is 34.9 Å². The van der Waals surface area contributed by atoms with Crippen LogP contribution in [-0.2, 0) is 6.54 Å². The molecule has 0 atom stereocenters. The first-order chi connectivity index (χ1) is 15.3. The summed E-state index contributed by atoms with van der Waals surface area (Å²) in [6.07, 6.45) is 3.39. The van der Waals surface area contributed by atoms with Gasteiger partial charge in [-0.1, -0.05) is 18.2 Å². The molecule has 4 aromatic heterocycles. The Morgan fingerprint density at radius 3 is 2.81 bits per heavy atom. The molecule has 0 spiro atoms. The van der Waals surface area contributed by atoms with Crippen molar-refractivity contribution in [3.8, 4) is 0 Å². The third-order valence-corrected chi connectivity index (χ3v) is 5.01. The Kier molecular flexibility index (Phi) is 3.95. The summed E-state index contributed by atoms with van der Waals surface area (Å²) in [6.45, 7) is 0.487. The molecule has 4 heterocycles. The highest BCUT2D eigenvalue weighted by molar-refractivity contribution is 5.86. The van der Waals surface area contributed by atoms with Gasteiger partial charge in [-0.2, -0.15) is 9.97 Å². The van der Waals surface area contributed by atoms with E-state index in [1.54, 1.807) is 12.5 Å². The van der Waals surface area contributed by atoms with Gasteiger partial charge in [0.2, 0.25) is 5.95 Å². The minimum atomic E-state index is 0.454. The van der Waals surface area contributed by atoms with E-state index >= 15 is 0 Å². The van der Waals surface area contributed by atoms with E-state index in [2.05, 4.69) is 45.5 Å². The van der Waals surface area contributed by atoms with E-state index in [1.165, 1.54) is 0 Å². The van der Waals surface area contributed by atoms with Gasteiger partial charge in [0, 0.05) is 17.3 Å². The van der Waals surface area contributed by atoms with Crippen LogP contribution < -0.4 is 10.6 Å². The number of anilines is 3. The number of hydrogen-bond donors (Lipinski definition) is 4. The number of pyridine rings is 1. The van der Waals surface area contributed by atoms with E-state index < -0.39 is 0 Å². The lowest BCUT2D eigenvalue weighted by Gasteiger charge is -2.09. The van der Waals surface area contributed by atoms with Crippen LogP contribution in [0.2, 0.25) is 0 Å². The molecule has 4 N–H and O–H groups in total. The number of nitrogens with one attached hydrogen (secondary N) is 4. The SMILES string of the molecule is c1cnc2ccc(Nc3nc(NCc4nc5ccccc5[nH]4)c4[nH]cnc4n3)cc2c1. The zero-order chi connectivity index (χ0) is 20.6. The van der Waals surface area contributed by atoms with E-state index in [-0.39, 0.29) is 0 Å². The molecule has 9 nitrogen and oxygen atoms in total. The molecule has 2 aromatic carbocycles. The summed E-state index contributed by atoms with van der Waals surface area (Å²) in [7, 11) is 0. The fraction of sp³-hybridized carbons (Fsp3) is 0.0455. The Hall–Kier alpha value is -4.53. The lowest BCUT2D eigenvalue weighted by molar-refractivity contribution is 0.997. The molecule has 9 heteroatoms. The molecule has 6 aromatic rings. The van der Waals surface area contributed by atoms with Crippen molar-refractivity contribution in [3.63, 3.8) is 0 Å². The number of fused-ring (bicyclic) bond motifs is 3. The smallest absolute Gasteiger partial charge is 0.231 e. The Bertz CT molecular complexity index is 1500. The van der Waals surface area contributed by atoms with Gasteiger partial charge in [-0.3, -0.25) is 4.98 Å². The first kappa shape index (κ1) is 17.3. The minimum Gasteiger partial charge on any atom is -0.361 e. The number of benzene rings is 2. The van der Waals surface area contributed by atoms with Crippen LogP contribution >= 0.6 is 0 Å². The number of hydrogen-bond acceptors (Lipinski definition) is 7. The molecule has 0 unspecified atom stereocenters. The number of aromatic amines is 2. The van der Waals surface area contributed by atoms with Crippen molar-refractivity contribution in [1.82, 2.24) is 34.9 Å². The highest BCUT2D eigenvalue weighted by atomic mass is 15.2. The molecule has 150 valence electrons. The Balaban J connectivity index is 1.30. The lowest BCUT2D eigenvalue weighted by atomic mass is 10.2. The Morgan fingerprint density at radius 2 is 1.84 bits per heavy atom. The fourth-order valence-electron chi connectivity index (χ4n) is 3.56. The van der Waals surface area contributed by atoms with Crippen molar-refractivity contribution in [2.45, 2.75) is 6.54 Å². The summed E-state index contributed by atoms with van der Waals surface area (Å²) in [5.41, 5.74) is 5.06. The number of aromatic nitrogens is 7. The van der Waals surface area contributed by atoms with Gasteiger partial charge in [-0.15, -0.1) is 0 Å². The molecule has 0 aliphatic rings. The van der Waals surface area contributed by atoms with Gasteiger partial charge in [0.1, 0.15) is 11.3 Å². The van der Waals surface area contributed by atoms with Crippen molar-refractivity contribution in [2.24, 2.45) is 0 Å². The number of rotatable bonds is 5. The molecular weight excluding hydrogens is 390 g/mol. The van der Waals surface area contributed by atoms with E-state index in [1.807, 2.05) is 54.6 Å². The summed E-state index contributed by atoms with van der Waals surface area (Å²) >= 11 is 0. The zero-order valence-electron chi connectivity index (χ0n) is 16.3. The Labute approximate surface area is 176 Å². The van der Waals surface area contributed by atoms with Crippen LogP contribution in [0, 0.1) is 0 Å². The average Bonchev–Trinajstić information content (AvgIpc) is 3.44.